The zero-order chi connectivity index (χ0) is 38.8. The first kappa shape index (κ1) is 35.3. The van der Waals surface area contributed by atoms with Crippen LogP contribution in [0.1, 0.15) is 57.2 Å². The average Bonchev–Trinajstić information content (AvgIpc) is 3.78. The lowest BCUT2D eigenvalue weighted by Gasteiger charge is -2.39. The molecule has 0 saturated carbocycles. The van der Waals surface area contributed by atoms with Crippen LogP contribution in [0.4, 0.5) is 5.69 Å². The number of allylic oxidation sites excluding steroid dienone is 10. The molecule has 1 saturated heterocycles. The maximum absolute atomic E-state index is 7.60. The molecule has 1 aromatic heterocycles. The van der Waals surface area contributed by atoms with E-state index in [0.29, 0.717) is 5.92 Å². The quantitative estimate of drug-likeness (QED) is 0.272. The van der Waals surface area contributed by atoms with Crippen LogP contribution in [0.2, 0.25) is 0 Å². The summed E-state index contributed by atoms with van der Waals surface area (Å²) < 4.78 is 7.60. The van der Waals surface area contributed by atoms with Crippen LogP contribution >= 0.6 is 0 Å². The van der Waals surface area contributed by atoms with Crippen molar-refractivity contribution in [1.29, 1.82) is 0 Å². The summed E-state index contributed by atoms with van der Waals surface area (Å²) in [5.41, 5.74) is 11.6. The number of rotatable bonds is 6. The number of amidine groups is 2. The molecule has 8 unspecified atom stereocenters. The van der Waals surface area contributed by atoms with Gasteiger partial charge in [0.25, 0.3) is 0 Å². The van der Waals surface area contributed by atoms with Crippen molar-refractivity contribution in [3.63, 3.8) is 0 Å². The van der Waals surface area contributed by atoms with Gasteiger partial charge in [-0.05, 0) is 79.0 Å². The largest absolute Gasteiger partial charge is 0.364 e. The van der Waals surface area contributed by atoms with Gasteiger partial charge in [-0.3, -0.25) is 4.98 Å². The summed E-state index contributed by atoms with van der Waals surface area (Å²) in [4.78, 5) is 18.7. The Kier molecular flexibility index (Phi) is 8.65. The monoisotopic (exact) mass is 759 g/mol. The van der Waals surface area contributed by atoms with E-state index in [0.717, 1.165) is 66.2 Å². The van der Waals surface area contributed by atoms with Crippen molar-refractivity contribution in [3.8, 4) is 11.1 Å². The first-order valence-electron chi connectivity index (χ1n) is 21.2. The Morgan fingerprint density at radius 3 is 2.47 bits per heavy atom. The Hall–Kier alpha value is -5.85. The van der Waals surface area contributed by atoms with Crippen LogP contribution in [0.5, 0.6) is 0 Å². The predicted octanol–water partition coefficient (Wildman–Crippen LogP) is 10.6. The molecular formula is C52H49N5O. The van der Waals surface area contributed by atoms with E-state index in [1.807, 2.05) is 6.20 Å². The molecule has 1 fully saturated rings. The normalized spacial score (nSPS) is 31.7. The number of pyridine rings is 1. The van der Waals surface area contributed by atoms with Crippen molar-refractivity contribution in [2.75, 3.05) is 4.90 Å². The van der Waals surface area contributed by atoms with Crippen LogP contribution in [0.25, 0.3) is 16.7 Å². The predicted molar refractivity (Wildman–Crippen MR) is 236 cm³/mol. The van der Waals surface area contributed by atoms with E-state index >= 15 is 0 Å². The van der Waals surface area contributed by atoms with Gasteiger partial charge in [0.05, 0.1) is 23.9 Å². The van der Waals surface area contributed by atoms with Crippen LogP contribution < -0.4 is 10.2 Å². The van der Waals surface area contributed by atoms with Gasteiger partial charge in [0.1, 0.15) is 11.7 Å². The molecule has 3 aliphatic heterocycles. The molecule has 6 nitrogen and oxygen atoms in total. The molecule has 0 bridgehead atoms. The lowest BCUT2D eigenvalue weighted by molar-refractivity contribution is 0.0722. The van der Waals surface area contributed by atoms with Crippen molar-refractivity contribution in [2.45, 2.75) is 70.4 Å². The number of hydrogen-bond acceptors (Lipinski definition) is 6. The van der Waals surface area contributed by atoms with Crippen molar-refractivity contribution in [3.05, 3.63) is 186 Å². The van der Waals surface area contributed by atoms with E-state index in [-0.39, 0.29) is 41.7 Å². The van der Waals surface area contributed by atoms with Gasteiger partial charge in [-0.2, -0.15) is 0 Å². The van der Waals surface area contributed by atoms with Crippen LogP contribution in [-0.4, -0.2) is 41.1 Å². The molecule has 4 heterocycles. The molecule has 6 heteroatoms. The SMILES string of the molecule is CC1C=C(c2ncc(-c3ccccc3)cc2C2=NC(C3C=CC=CC3)N=C(C3=CC=CCC3)N2)C2OC3C4=C(C=CC3(C)C2C1)N(c1ccccc1)C1CC=CC=C41. The number of ether oxygens (including phenoxy) is 1. The van der Waals surface area contributed by atoms with Gasteiger partial charge in [0, 0.05) is 57.1 Å². The minimum absolute atomic E-state index is 0.0806. The summed E-state index contributed by atoms with van der Waals surface area (Å²) in [6, 6.07) is 24.0. The molecular weight excluding hydrogens is 711 g/mol. The third kappa shape index (κ3) is 5.83. The van der Waals surface area contributed by atoms with Gasteiger partial charge in [0.2, 0.25) is 0 Å². The molecule has 288 valence electrons. The molecule has 5 aliphatic carbocycles. The van der Waals surface area contributed by atoms with Crippen LogP contribution in [-0.2, 0) is 4.74 Å². The number of nitrogens with zero attached hydrogens (tertiary/aromatic N) is 4. The van der Waals surface area contributed by atoms with E-state index in [9.17, 15) is 0 Å². The number of anilines is 1. The minimum atomic E-state index is -0.250. The third-order valence-electron chi connectivity index (χ3n) is 13.6. The maximum atomic E-state index is 7.60. The Labute approximate surface area is 341 Å². The summed E-state index contributed by atoms with van der Waals surface area (Å²) in [6.45, 7) is 4.81. The molecule has 11 rings (SSSR count). The van der Waals surface area contributed by atoms with E-state index in [2.05, 4.69) is 170 Å². The van der Waals surface area contributed by atoms with Gasteiger partial charge < -0.3 is 15.0 Å². The molecule has 0 radical (unpaired) electrons. The highest BCUT2D eigenvalue weighted by Crippen LogP contribution is 2.60. The molecule has 3 aromatic rings. The van der Waals surface area contributed by atoms with Gasteiger partial charge in [-0.1, -0.05) is 135 Å². The first-order valence-corrected chi connectivity index (χ1v) is 21.2. The number of benzene rings is 2. The third-order valence-corrected chi connectivity index (χ3v) is 13.6. The highest BCUT2D eigenvalue weighted by Gasteiger charge is 2.59. The van der Waals surface area contributed by atoms with Crippen molar-refractivity contribution >= 4 is 22.9 Å². The molecule has 0 spiro atoms. The summed E-state index contributed by atoms with van der Waals surface area (Å²) in [5, 5.41) is 3.79. The fraction of sp³-hybridized carbons (Fsp3) is 0.288. The highest BCUT2D eigenvalue weighted by atomic mass is 16.5. The summed E-state index contributed by atoms with van der Waals surface area (Å²) in [7, 11) is 0. The number of aromatic nitrogens is 1. The van der Waals surface area contributed by atoms with E-state index < -0.39 is 0 Å². The molecule has 8 atom stereocenters. The van der Waals surface area contributed by atoms with E-state index in [1.54, 1.807) is 0 Å². The topological polar surface area (TPSA) is 62.1 Å². The van der Waals surface area contributed by atoms with Crippen molar-refractivity contribution < 1.29 is 4.74 Å². The molecule has 58 heavy (non-hydrogen) atoms. The zero-order valence-electron chi connectivity index (χ0n) is 33.2. The minimum Gasteiger partial charge on any atom is -0.364 e. The number of aliphatic imine (C=N–C) groups is 2. The van der Waals surface area contributed by atoms with Crippen molar-refractivity contribution in [2.24, 2.45) is 33.2 Å². The Balaban J connectivity index is 1.03. The second-order valence-electron chi connectivity index (χ2n) is 17.2. The van der Waals surface area contributed by atoms with E-state index in [1.165, 1.54) is 33.7 Å². The first-order chi connectivity index (χ1) is 28.5. The number of fused-ring (bicyclic) bond motifs is 6. The second-order valence-corrected chi connectivity index (χ2v) is 17.2. The van der Waals surface area contributed by atoms with Gasteiger partial charge >= 0.3 is 0 Å². The van der Waals surface area contributed by atoms with Gasteiger partial charge in [0.15, 0.2) is 6.17 Å². The fourth-order valence-electron chi connectivity index (χ4n) is 10.7. The van der Waals surface area contributed by atoms with Gasteiger partial charge in [-0.15, -0.1) is 0 Å². The fourth-order valence-corrected chi connectivity index (χ4v) is 10.7. The number of para-hydroxylation sites is 1. The maximum Gasteiger partial charge on any atom is 0.150 e. The van der Waals surface area contributed by atoms with Crippen LogP contribution in [0.3, 0.4) is 0 Å². The zero-order valence-corrected chi connectivity index (χ0v) is 33.2. The van der Waals surface area contributed by atoms with Gasteiger partial charge in [-0.25, -0.2) is 9.98 Å². The summed E-state index contributed by atoms with van der Waals surface area (Å²) in [6.07, 6.45) is 36.0. The molecule has 1 N–H and O–H groups in total. The Bertz CT molecular complexity index is 2510. The summed E-state index contributed by atoms with van der Waals surface area (Å²) in [5.74, 6) is 2.54. The Morgan fingerprint density at radius 2 is 1.66 bits per heavy atom. The lowest BCUT2D eigenvalue weighted by Crippen LogP contribution is -2.41. The van der Waals surface area contributed by atoms with Crippen LogP contribution in [0, 0.1) is 23.2 Å². The summed E-state index contributed by atoms with van der Waals surface area (Å²) >= 11 is 0. The second kappa shape index (κ2) is 14.2. The van der Waals surface area contributed by atoms with Crippen molar-refractivity contribution in [1.82, 2.24) is 10.3 Å². The van der Waals surface area contributed by atoms with Crippen LogP contribution in [0.15, 0.2) is 184 Å². The molecule has 8 aliphatic rings. The average molecular weight is 760 g/mol. The number of nitrogens with one attached hydrogen (secondary N) is 1. The molecule has 2 aromatic carbocycles. The smallest absolute Gasteiger partial charge is 0.150 e. The lowest BCUT2D eigenvalue weighted by atomic mass is 9.62. The standard InChI is InChI=1S/C52H49N5O/c1-33-29-40(47-42(30-33)52(2)28-27-44-45(48(52)58-47)39-25-15-16-26-43(39)57(44)38-23-13-6-14-24-38)46-41(31-37(32-53-46)34-17-7-3-8-18-34)51-55-49(35-19-9-4-10-20-35)54-50(56-51)36-21-11-5-12-22-36/h3-11,13-19,21,23-25,27-29,31-33,35,42-43,47-49H,12,20,22,26,30H2,1-2H3,(H,54,55,56). The number of hydrogen-bond donors (Lipinski definition) is 1. The highest BCUT2D eigenvalue weighted by molar-refractivity contribution is 6.17. The molecule has 0 amide bonds. The van der Waals surface area contributed by atoms with E-state index in [4.69, 9.17) is 19.7 Å². The Morgan fingerprint density at radius 1 is 0.845 bits per heavy atom.